The van der Waals surface area contributed by atoms with E-state index in [9.17, 15) is 0 Å². The Morgan fingerprint density at radius 2 is 2.07 bits per heavy atom. The van der Waals surface area contributed by atoms with Gasteiger partial charge in [-0.25, -0.2) is 9.97 Å². The highest BCUT2D eigenvalue weighted by Crippen LogP contribution is 2.21. The molecular weight excluding hydrogens is 216 g/mol. The Kier molecular flexibility index (Phi) is 2.64. The average molecular weight is 223 g/mol. The molecule has 15 heavy (non-hydrogen) atoms. The first kappa shape index (κ1) is 9.67. The molecule has 0 atom stereocenters. The summed E-state index contributed by atoms with van der Waals surface area (Å²) in [6.07, 6.45) is 4.37. The van der Waals surface area contributed by atoms with E-state index in [1.54, 1.807) is 6.07 Å². The normalized spacial score (nSPS) is 9.93. The van der Waals surface area contributed by atoms with Crippen molar-refractivity contribution in [2.75, 3.05) is 5.73 Å². The zero-order valence-corrected chi connectivity index (χ0v) is 8.35. The summed E-state index contributed by atoms with van der Waals surface area (Å²) in [5, 5.41) is 0.495. The van der Waals surface area contributed by atoms with Crippen molar-refractivity contribution < 1.29 is 4.74 Å². The number of nitrogens with two attached hydrogens (primary N) is 1. The largest absolute Gasteiger partial charge is 0.437 e. The standard InChI is InChI=1S/C9H7ClN4O/c10-6-1-7(4-12-3-6)15-9-2-8(11)13-5-14-9/h1-5H,(H2,11,13,14). The van der Waals surface area contributed by atoms with Crippen molar-refractivity contribution in [3.8, 4) is 11.6 Å². The predicted octanol–water partition coefficient (Wildman–Crippen LogP) is 1.90. The van der Waals surface area contributed by atoms with Crippen molar-refractivity contribution in [3.63, 3.8) is 0 Å². The number of ether oxygens (including phenoxy) is 1. The number of halogens is 1. The minimum atomic E-state index is 0.343. The van der Waals surface area contributed by atoms with Gasteiger partial charge in [0.25, 0.3) is 0 Å². The zero-order chi connectivity index (χ0) is 10.7. The summed E-state index contributed by atoms with van der Waals surface area (Å²) in [5.74, 6) is 1.20. The predicted molar refractivity (Wildman–Crippen MR) is 55.8 cm³/mol. The highest BCUT2D eigenvalue weighted by molar-refractivity contribution is 6.30. The third-order valence-corrected chi connectivity index (χ3v) is 1.77. The number of hydrogen-bond donors (Lipinski definition) is 1. The number of rotatable bonds is 2. The second-order valence-corrected chi connectivity index (χ2v) is 3.16. The number of nitrogen functional groups attached to an aromatic ring is 1. The fourth-order valence-corrected chi connectivity index (χ4v) is 1.14. The second-order valence-electron chi connectivity index (χ2n) is 2.72. The van der Waals surface area contributed by atoms with Gasteiger partial charge in [0, 0.05) is 18.3 Å². The van der Waals surface area contributed by atoms with Gasteiger partial charge < -0.3 is 10.5 Å². The summed E-state index contributed by atoms with van der Waals surface area (Å²) in [5.41, 5.74) is 5.47. The van der Waals surface area contributed by atoms with Gasteiger partial charge in [-0.3, -0.25) is 4.98 Å². The van der Waals surface area contributed by atoms with E-state index in [-0.39, 0.29) is 0 Å². The Labute approximate surface area is 90.9 Å². The van der Waals surface area contributed by atoms with E-state index >= 15 is 0 Å². The molecule has 0 spiro atoms. The maximum atomic E-state index is 5.74. The van der Waals surface area contributed by atoms with Gasteiger partial charge in [0.2, 0.25) is 5.88 Å². The molecule has 0 amide bonds. The third-order valence-electron chi connectivity index (χ3n) is 1.57. The lowest BCUT2D eigenvalue weighted by Gasteiger charge is -2.03. The van der Waals surface area contributed by atoms with Crippen LogP contribution in [-0.2, 0) is 0 Å². The molecule has 0 bridgehead atoms. The van der Waals surface area contributed by atoms with E-state index in [2.05, 4.69) is 15.0 Å². The van der Waals surface area contributed by atoms with Crippen LogP contribution in [0.5, 0.6) is 11.6 Å². The van der Waals surface area contributed by atoms with Gasteiger partial charge in [-0.1, -0.05) is 11.6 Å². The average Bonchev–Trinajstić information content (AvgIpc) is 2.17. The number of pyridine rings is 1. The van der Waals surface area contributed by atoms with Crippen LogP contribution in [0.1, 0.15) is 0 Å². The van der Waals surface area contributed by atoms with E-state index < -0.39 is 0 Å². The highest BCUT2D eigenvalue weighted by Gasteiger charge is 2.00. The van der Waals surface area contributed by atoms with Gasteiger partial charge in [0.05, 0.1) is 11.2 Å². The molecule has 0 unspecified atom stereocenters. The van der Waals surface area contributed by atoms with Crippen molar-refractivity contribution in [1.29, 1.82) is 0 Å². The molecule has 2 aromatic heterocycles. The smallest absolute Gasteiger partial charge is 0.224 e. The summed E-state index contributed by atoms with van der Waals surface area (Å²) < 4.78 is 5.36. The molecule has 2 heterocycles. The van der Waals surface area contributed by atoms with Crippen LogP contribution in [0.4, 0.5) is 5.82 Å². The van der Waals surface area contributed by atoms with Crippen LogP contribution in [0, 0.1) is 0 Å². The zero-order valence-electron chi connectivity index (χ0n) is 7.59. The topological polar surface area (TPSA) is 73.9 Å². The highest BCUT2D eigenvalue weighted by atomic mass is 35.5. The van der Waals surface area contributed by atoms with Crippen LogP contribution < -0.4 is 10.5 Å². The molecule has 0 saturated heterocycles. The lowest BCUT2D eigenvalue weighted by molar-refractivity contribution is 0.460. The first-order valence-electron chi connectivity index (χ1n) is 4.10. The van der Waals surface area contributed by atoms with Crippen LogP contribution >= 0.6 is 11.6 Å². The Hall–Kier alpha value is -1.88. The third kappa shape index (κ3) is 2.54. The maximum absolute atomic E-state index is 5.74. The molecule has 6 heteroatoms. The summed E-state index contributed by atoms with van der Waals surface area (Å²) in [6, 6.07) is 3.15. The molecule has 0 fully saturated rings. The van der Waals surface area contributed by atoms with Gasteiger partial charge in [0.15, 0.2) is 0 Å². The molecule has 0 aliphatic carbocycles. The minimum absolute atomic E-state index is 0.343. The van der Waals surface area contributed by atoms with Crippen molar-refractivity contribution in [3.05, 3.63) is 35.9 Å². The van der Waals surface area contributed by atoms with Crippen molar-refractivity contribution in [2.45, 2.75) is 0 Å². The lowest BCUT2D eigenvalue weighted by Crippen LogP contribution is -1.93. The number of anilines is 1. The molecule has 0 aliphatic heterocycles. The molecule has 0 saturated carbocycles. The molecule has 76 valence electrons. The van der Waals surface area contributed by atoms with Crippen molar-refractivity contribution >= 4 is 17.4 Å². The monoisotopic (exact) mass is 222 g/mol. The number of nitrogens with zero attached hydrogens (tertiary/aromatic N) is 3. The van der Waals surface area contributed by atoms with E-state index in [1.165, 1.54) is 24.8 Å². The first-order valence-corrected chi connectivity index (χ1v) is 4.48. The minimum Gasteiger partial charge on any atom is -0.437 e. The Balaban J connectivity index is 2.22. The molecule has 0 aliphatic rings. The van der Waals surface area contributed by atoms with E-state index in [0.717, 1.165) is 0 Å². The van der Waals surface area contributed by atoms with E-state index in [0.29, 0.717) is 22.5 Å². The SMILES string of the molecule is Nc1cc(Oc2cncc(Cl)c2)ncn1. The van der Waals surface area contributed by atoms with Crippen LogP contribution in [0.2, 0.25) is 5.02 Å². The summed E-state index contributed by atoms with van der Waals surface area (Å²) >= 11 is 5.74. The van der Waals surface area contributed by atoms with Crippen LogP contribution in [-0.4, -0.2) is 15.0 Å². The van der Waals surface area contributed by atoms with E-state index in [1.807, 2.05) is 0 Å². The first-order chi connectivity index (χ1) is 7.24. The summed E-state index contributed by atoms with van der Waals surface area (Å²) in [6.45, 7) is 0. The summed E-state index contributed by atoms with van der Waals surface area (Å²) in [4.78, 5) is 11.5. The second kappa shape index (κ2) is 4.10. The van der Waals surface area contributed by atoms with E-state index in [4.69, 9.17) is 22.1 Å². The van der Waals surface area contributed by atoms with Gasteiger partial charge in [-0.15, -0.1) is 0 Å². The van der Waals surface area contributed by atoms with Crippen LogP contribution in [0.15, 0.2) is 30.9 Å². The molecule has 0 radical (unpaired) electrons. The van der Waals surface area contributed by atoms with Gasteiger partial charge >= 0.3 is 0 Å². The fourth-order valence-electron chi connectivity index (χ4n) is 0.978. The van der Waals surface area contributed by atoms with Gasteiger partial charge in [-0.2, -0.15) is 0 Å². The molecular formula is C9H7ClN4O. The maximum Gasteiger partial charge on any atom is 0.224 e. The van der Waals surface area contributed by atoms with Gasteiger partial charge in [-0.05, 0) is 0 Å². The van der Waals surface area contributed by atoms with Gasteiger partial charge in [0.1, 0.15) is 17.9 Å². The Morgan fingerprint density at radius 3 is 2.80 bits per heavy atom. The van der Waals surface area contributed by atoms with Crippen molar-refractivity contribution in [1.82, 2.24) is 15.0 Å². The Morgan fingerprint density at radius 1 is 1.20 bits per heavy atom. The molecule has 2 rings (SSSR count). The molecule has 5 nitrogen and oxygen atoms in total. The molecule has 0 aromatic carbocycles. The Bertz CT molecular complexity index is 434. The fraction of sp³-hybridized carbons (Fsp3) is 0. The number of aromatic nitrogens is 3. The number of hydrogen-bond acceptors (Lipinski definition) is 5. The van der Waals surface area contributed by atoms with Crippen LogP contribution in [0.25, 0.3) is 0 Å². The lowest BCUT2D eigenvalue weighted by atomic mass is 10.4. The quantitative estimate of drug-likeness (QED) is 0.840. The van der Waals surface area contributed by atoms with Crippen molar-refractivity contribution in [2.24, 2.45) is 0 Å². The van der Waals surface area contributed by atoms with Crippen LogP contribution in [0.3, 0.4) is 0 Å². The molecule has 2 aromatic rings. The summed E-state index contributed by atoms with van der Waals surface area (Å²) in [7, 11) is 0. The molecule has 2 N–H and O–H groups in total.